The molecule has 80 valence electrons. The van der Waals surface area contributed by atoms with Crippen molar-refractivity contribution in [3.8, 4) is 0 Å². The number of hydroxylamine groups is 1. The van der Waals surface area contributed by atoms with Crippen molar-refractivity contribution in [1.29, 1.82) is 0 Å². The van der Waals surface area contributed by atoms with E-state index in [2.05, 4.69) is 10.2 Å². The van der Waals surface area contributed by atoms with E-state index in [4.69, 9.17) is 0 Å². The summed E-state index contributed by atoms with van der Waals surface area (Å²) in [6.45, 7) is 1.61. The average Bonchev–Trinajstić information content (AvgIpc) is 2.50. The van der Waals surface area contributed by atoms with Crippen LogP contribution in [0.15, 0.2) is 0 Å². The molecule has 0 spiro atoms. The highest BCUT2D eigenvalue weighted by molar-refractivity contribution is 5.82. The zero-order chi connectivity index (χ0) is 10.6. The first-order chi connectivity index (χ1) is 6.61. The molecule has 0 aromatic rings. The number of hydrogen-bond acceptors (Lipinski definition) is 4. The molecule has 0 saturated carbocycles. The third-order valence-electron chi connectivity index (χ3n) is 1.88. The van der Waals surface area contributed by atoms with E-state index in [-0.39, 0.29) is 12.4 Å². The van der Waals surface area contributed by atoms with E-state index in [9.17, 15) is 14.0 Å². The summed E-state index contributed by atoms with van der Waals surface area (Å²) in [4.78, 5) is 26.2. The number of ketones is 1. The lowest BCUT2D eigenvalue weighted by molar-refractivity contribution is -0.139. The number of alkyl halides is 1. The third kappa shape index (κ3) is 3.04. The lowest BCUT2D eigenvalue weighted by atomic mass is 10.2. The molecule has 1 rings (SSSR count). The second-order valence-corrected chi connectivity index (χ2v) is 3.19. The van der Waals surface area contributed by atoms with Gasteiger partial charge in [-0.2, -0.15) is 0 Å². The van der Waals surface area contributed by atoms with Crippen LogP contribution in [0.5, 0.6) is 0 Å². The second kappa shape index (κ2) is 5.02. The molecule has 6 heteroatoms. The molecule has 0 aromatic heterocycles. The minimum atomic E-state index is -1.18. The van der Waals surface area contributed by atoms with E-state index in [1.165, 1.54) is 6.92 Å². The molecule has 14 heavy (non-hydrogen) atoms. The van der Waals surface area contributed by atoms with Crippen molar-refractivity contribution >= 4 is 11.7 Å². The molecule has 0 aliphatic carbocycles. The van der Waals surface area contributed by atoms with Crippen molar-refractivity contribution in [3.05, 3.63) is 0 Å². The lowest BCUT2D eigenvalue weighted by Crippen LogP contribution is -2.45. The molecule has 0 aromatic carbocycles. The second-order valence-electron chi connectivity index (χ2n) is 3.19. The molecule has 1 heterocycles. The summed E-state index contributed by atoms with van der Waals surface area (Å²) in [5.41, 5.74) is 2.02. The molecular formula is C8H13FN2O3. The Balaban J connectivity index is 2.24. The highest BCUT2D eigenvalue weighted by Gasteiger charge is 2.32. The standard InChI is InChI=1S/C8H13FN2O3/c1-5(12)4-14-11-8(13)7-6(9)2-3-10-7/h6-7,10H,2-4H2,1H3,(H,11,13)/t6-,7+/m0/s1. The first-order valence-corrected chi connectivity index (χ1v) is 4.40. The van der Waals surface area contributed by atoms with Crippen LogP contribution in [0.2, 0.25) is 0 Å². The number of carbonyl (C=O) groups is 2. The lowest BCUT2D eigenvalue weighted by Gasteiger charge is -2.12. The predicted molar refractivity (Wildman–Crippen MR) is 46.1 cm³/mol. The fourth-order valence-corrected chi connectivity index (χ4v) is 1.20. The van der Waals surface area contributed by atoms with Crippen LogP contribution < -0.4 is 10.8 Å². The molecule has 1 amide bonds. The van der Waals surface area contributed by atoms with Crippen molar-refractivity contribution in [3.63, 3.8) is 0 Å². The number of amides is 1. The molecule has 5 nitrogen and oxygen atoms in total. The molecule has 1 saturated heterocycles. The monoisotopic (exact) mass is 204 g/mol. The Kier molecular flexibility index (Phi) is 3.97. The summed E-state index contributed by atoms with van der Waals surface area (Å²) in [5.74, 6) is -0.780. The van der Waals surface area contributed by atoms with E-state index in [0.29, 0.717) is 13.0 Å². The van der Waals surface area contributed by atoms with Gasteiger partial charge >= 0.3 is 0 Å². The van der Waals surface area contributed by atoms with Gasteiger partial charge in [0.1, 0.15) is 18.8 Å². The van der Waals surface area contributed by atoms with Crippen LogP contribution in [-0.2, 0) is 14.4 Å². The first kappa shape index (κ1) is 11.1. The van der Waals surface area contributed by atoms with Crippen LogP contribution >= 0.6 is 0 Å². The average molecular weight is 204 g/mol. The molecule has 0 radical (unpaired) electrons. The summed E-state index contributed by atoms with van der Waals surface area (Å²) >= 11 is 0. The van der Waals surface area contributed by atoms with Gasteiger partial charge in [-0.1, -0.05) is 0 Å². The number of carbonyl (C=O) groups excluding carboxylic acids is 2. The summed E-state index contributed by atoms with van der Waals surface area (Å²) in [7, 11) is 0. The minimum Gasteiger partial charge on any atom is -0.303 e. The topological polar surface area (TPSA) is 67.4 Å². The number of nitrogens with one attached hydrogen (secondary N) is 2. The Morgan fingerprint density at radius 1 is 1.64 bits per heavy atom. The van der Waals surface area contributed by atoms with Crippen molar-refractivity contribution in [1.82, 2.24) is 10.8 Å². The maximum absolute atomic E-state index is 13.0. The summed E-state index contributed by atoms with van der Waals surface area (Å²) in [6, 6.07) is -0.859. The highest BCUT2D eigenvalue weighted by Crippen LogP contribution is 2.10. The summed E-state index contributed by atoms with van der Waals surface area (Å²) in [5, 5.41) is 2.69. The predicted octanol–water partition coefficient (Wildman–Crippen LogP) is -0.677. The van der Waals surface area contributed by atoms with Gasteiger partial charge in [0.25, 0.3) is 5.91 Å². The quantitative estimate of drug-likeness (QED) is 0.595. The van der Waals surface area contributed by atoms with Gasteiger partial charge in [-0.25, -0.2) is 9.87 Å². The van der Waals surface area contributed by atoms with Crippen LogP contribution in [0.4, 0.5) is 4.39 Å². The van der Waals surface area contributed by atoms with Crippen LogP contribution in [0.3, 0.4) is 0 Å². The number of rotatable bonds is 4. The van der Waals surface area contributed by atoms with Crippen molar-refractivity contribution in [2.45, 2.75) is 25.6 Å². The van der Waals surface area contributed by atoms with E-state index in [1.54, 1.807) is 0 Å². The van der Waals surface area contributed by atoms with Gasteiger partial charge in [-0.3, -0.25) is 14.4 Å². The van der Waals surface area contributed by atoms with Crippen molar-refractivity contribution in [2.24, 2.45) is 0 Å². The zero-order valence-corrected chi connectivity index (χ0v) is 7.88. The molecule has 0 unspecified atom stereocenters. The van der Waals surface area contributed by atoms with E-state index >= 15 is 0 Å². The van der Waals surface area contributed by atoms with E-state index < -0.39 is 18.1 Å². The minimum absolute atomic E-state index is 0.199. The zero-order valence-electron chi connectivity index (χ0n) is 7.88. The molecule has 1 aliphatic heterocycles. The SMILES string of the molecule is CC(=O)CONC(=O)[C@@H]1NCC[C@@H]1F. The van der Waals surface area contributed by atoms with Gasteiger partial charge in [0, 0.05) is 0 Å². The Hall–Kier alpha value is -1.01. The molecule has 1 fully saturated rings. The Morgan fingerprint density at radius 2 is 2.36 bits per heavy atom. The maximum Gasteiger partial charge on any atom is 0.263 e. The van der Waals surface area contributed by atoms with Crippen LogP contribution in [0.25, 0.3) is 0 Å². The van der Waals surface area contributed by atoms with Crippen molar-refractivity contribution in [2.75, 3.05) is 13.2 Å². The number of hydrogen-bond donors (Lipinski definition) is 2. The van der Waals surface area contributed by atoms with Crippen molar-refractivity contribution < 1.29 is 18.8 Å². The largest absolute Gasteiger partial charge is 0.303 e. The Bertz CT molecular complexity index is 235. The highest BCUT2D eigenvalue weighted by atomic mass is 19.1. The van der Waals surface area contributed by atoms with E-state index in [0.717, 1.165) is 0 Å². The van der Waals surface area contributed by atoms with Gasteiger partial charge < -0.3 is 5.32 Å². The summed E-state index contributed by atoms with van der Waals surface area (Å²) in [6.07, 6.45) is -0.860. The third-order valence-corrected chi connectivity index (χ3v) is 1.88. The molecule has 1 aliphatic rings. The van der Waals surface area contributed by atoms with Crippen LogP contribution in [0.1, 0.15) is 13.3 Å². The smallest absolute Gasteiger partial charge is 0.263 e. The normalized spacial score (nSPS) is 26.1. The van der Waals surface area contributed by atoms with Gasteiger partial charge in [0.05, 0.1) is 0 Å². The fraction of sp³-hybridized carbons (Fsp3) is 0.750. The van der Waals surface area contributed by atoms with E-state index in [1.807, 2.05) is 5.48 Å². The van der Waals surface area contributed by atoms with Crippen LogP contribution in [0, 0.1) is 0 Å². The molecular weight excluding hydrogens is 191 g/mol. The number of Topliss-reactive ketones (excluding diaryl/α,β-unsaturated/α-hetero) is 1. The van der Waals surface area contributed by atoms with Gasteiger partial charge in [0.2, 0.25) is 0 Å². The Morgan fingerprint density at radius 3 is 2.86 bits per heavy atom. The fourth-order valence-electron chi connectivity index (χ4n) is 1.20. The molecule has 2 atom stereocenters. The van der Waals surface area contributed by atoms with Gasteiger partial charge in [-0.05, 0) is 19.9 Å². The summed E-state index contributed by atoms with van der Waals surface area (Å²) < 4.78 is 13.0. The van der Waals surface area contributed by atoms with Gasteiger partial charge in [0.15, 0.2) is 5.78 Å². The molecule has 2 N–H and O–H groups in total. The molecule has 0 bridgehead atoms. The Labute approximate surface area is 80.9 Å². The number of halogens is 1. The maximum atomic E-state index is 13.0. The van der Waals surface area contributed by atoms with Crippen LogP contribution in [-0.4, -0.2) is 37.1 Å². The van der Waals surface area contributed by atoms with Gasteiger partial charge in [-0.15, -0.1) is 0 Å². The first-order valence-electron chi connectivity index (χ1n) is 4.40.